The van der Waals surface area contributed by atoms with Gasteiger partial charge in [-0.1, -0.05) is 0 Å². The second-order valence-corrected chi connectivity index (χ2v) is 4.50. The van der Waals surface area contributed by atoms with E-state index in [9.17, 15) is 14.7 Å². The predicted molar refractivity (Wildman–Crippen MR) is 68.0 cm³/mol. The molecule has 18 heavy (non-hydrogen) atoms. The van der Waals surface area contributed by atoms with Crippen LogP contribution in [0.15, 0.2) is 26.8 Å². The zero-order valence-corrected chi connectivity index (χ0v) is 10.5. The van der Waals surface area contributed by atoms with Gasteiger partial charge in [-0.15, -0.1) is 0 Å². The zero-order chi connectivity index (χ0) is 13.3. The lowest BCUT2D eigenvalue weighted by molar-refractivity contribution is 0.487. The number of aromatic amines is 1. The highest BCUT2D eigenvalue weighted by molar-refractivity contribution is 7.11. The number of aryl methyl sites for hydroxylation is 1. The van der Waals surface area contributed by atoms with Gasteiger partial charge in [-0.05, 0) is 18.3 Å². The van der Waals surface area contributed by atoms with Gasteiger partial charge in [-0.25, -0.2) is 4.99 Å². The smallest absolute Gasteiger partial charge is 0.310 e. The second-order valence-electron chi connectivity index (χ2n) is 3.53. The van der Waals surface area contributed by atoms with Gasteiger partial charge >= 0.3 is 4.87 Å². The normalized spacial score (nSPS) is 11.8. The minimum Gasteiger partial charge on any atom is -0.499 e. The first-order valence-corrected chi connectivity index (χ1v) is 5.80. The van der Waals surface area contributed by atoms with Crippen LogP contribution in [-0.2, 0) is 7.05 Å². The molecule has 2 aromatic heterocycles. The first kappa shape index (κ1) is 12.2. The Morgan fingerprint density at radius 1 is 1.56 bits per heavy atom. The van der Waals surface area contributed by atoms with Crippen LogP contribution in [0.4, 0.5) is 5.82 Å². The molecule has 0 aliphatic heterocycles. The molecule has 0 saturated heterocycles. The maximum absolute atomic E-state index is 11.6. The summed E-state index contributed by atoms with van der Waals surface area (Å²) < 4.78 is 1.53. The third-order valence-electron chi connectivity index (χ3n) is 2.28. The van der Waals surface area contributed by atoms with Gasteiger partial charge in [-0.3, -0.25) is 19.3 Å². The topological polar surface area (TPSA) is 100 Å². The SMILES string of the molecule is CC(=Nc1ccnn1C)c1c(O)sc(=O)[nH]c1=O. The Balaban J connectivity index is 2.57. The Morgan fingerprint density at radius 2 is 2.28 bits per heavy atom. The summed E-state index contributed by atoms with van der Waals surface area (Å²) in [6.07, 6.45) is 1.57. The third kappa shape index (κ3) is 2.23. The second kappa shape index (κ2) is 4.57. The maximum atomic E-state index is 11.6. The molecule has 0 unspecified atom stereocenters. The van der Waals surface area contributed by atoms with Crippen LogP contribution in [0.1, 0.15) is 12.5 Å². The van der Waals surface area contributed by atoms with Crippen molar-refractivity contribution in [2.45, 2.75) is 6.92 Å². The van der Waals surface area contributed by atoms with Gasteiger partial charge in [-0.2, -0.15) is 5.10 Å². The number of aromatic nitrogens is 3. The Kier molecular flexibility index (Phi) is 3.11. The summed E-state index contributed by atoms with van der Waals surface area (Å²) in [5, 5.41) is 13.2. The third-order valence-corrected chi connectivity index (χ3v) is 2.97. The van der Waals surface area contributed by atoms with Crippen molar-refractivity contribution in [2.24, 2.45) is 12.0 Å². The average Bonchev–Trinajstić information content (AvgIpc) is 2.62. The lowest BCUT2D eigenvalue weighted by atomic mass is 10.2. The molecule has 0 saturated carbocycles. The molecule has 0 amide bonds. The van der Waals surface area contributed by atoms with Crippen LogP contribution in [0.25, 0.3) is 0 Å². The van der Waals surface area contributed by atoms with E-state index in [-0.39, 0.29) is 10.6 Å². The van der Waals surface area contributed by atoms with Gasteiger partial charge in [0.1, 0.15) is 11.4 Å². The zero-order valence-electron chi connectivity index (χ0n) is 9.67. The molecule has 0 bridgehead atoms. The predicted octanol–water partition coefficient (Wildman–Crippen LogP) is 0.376. The summed E-state index contributed by atoms with van der Waals surface area (Å²) in [4.78, 5) is 28.3. The molecule has 0 radical (unpaired) electrons. The quantitative estimate of drug-likeness (QED) is 0.767. The van der Waals surface area contributed by atoms with Crippen molar-refractivity contribution in [2.75, 3.05) is 0 Å². The summed E-state index contributed by atoms with van der Waals surface area (Å²) >= 11 is 0.559. The van der Waals surface area contributed by atoms with E-state index in [2.05, 4.69) is 15.1 Å². The van der Waals surface area contributed by atoms with E-state index in [0.717, 1.165) is 0 Å². The molecular formula is C10H10N4O3S. The number of hydrogen-bond acceptors (Lipinski definition) is 6. The molecule has 2 rings (SSSR count). The fourth-order valence-electron chi connectivity index (χ4n) is 1.44. The number of aromatic hydroxyl groups is 1. The summed E-state index contributed by atoms with van der Waals surface area (Å²) in [5.74, 6) is 0.544. The Labute approximate surface area is 105 Å². The van der Waals surface area contributed by atoms with Crippen LogP contribution in [-0.4, -0.2) is 25.6 Å². The van der Waals surface area contributed by atoms with Crippen molar-refractivity contribution >= 4 is 22.9 Å². The fourth-order valence-corrected chi connectivity index (χ4v) is 2.10. The molecule has 0 aromatic carbocycles. The largest absolute Gasteiger partial charge is 0.499 e. The summed E-state index contributed by atoms with van der Waals surface area (Å²) in [6.45, 7) is 1.58. The lowest BCUT2D eigenvalue weighted by Gasteiger charge is -2.01. The van der Waals surface area contributed by atoms with Gasteiger partial charge in [0.2, 0.25) is 0 Å². The Bertz CT molecular complexity index is 725. The van der Waals surface area contributed by atoms with Crippen molar-refractivity contribution in [3.05, 3.63) is 37.8 Å². The van der Waals surface area contributed by atoms with E-state index in [1.807, 2.05) is 0 Å². The van der Waals surface area contributed by atoms with E-state index in [1.165, 1.54) is 4.68 Å². The van der Waals surface area contributed by atoms with Crippen LogP contribution in [0.5, 0.6) is 5.06 Å². The van der Waals surface area contributed by atoms with Gasteiger partial charge in [0.15, 0.2) is 5.06 Å². The number of nitrogens with zero attached hydrogens (tertiary/aromatic N) is 3. The number of aliphatic imine (C=N–C) groups is 1. The van der Waals surface area contributed by atoms with Crippen LogP contribution in [0.3, 0.4) is 0 Å². The summed E-state index contributed by atoms with van der Waals surface area (Å²) in [6, 6.07) is 1.67. The average molecular weight is 266 g/mol. The summed E-state index contributed by atoms with van der Waals surface area (Å²) in [7, 11) is 1.71. The lowest BCUT2D eigenvalue weighted by Crippen LogP contribution is -2.22. The van der Waals surface area contributed by atoms with Crippen molar-refractivity contribution in [1.82, 2.24) is 14.8 Å². The van der Waals surface area contributed by atoms with Crippen molar-refractivity contribution in [3.8, 4) is 5.06 Å². The number of nitrogens with one attached hydrogen (secondary N) is 1. The van der Waals surface area contributed by atoms with Crippen molar-refractivity contribution in [3.63, 3.8) is 0 Å². The molecular weight excluding hydrogens is 256 g/mol. The monoisotopic (exact) mass is 266 g/mol. The molecule has 8 heteroatoms. The number of H-pyrrole nitrogens is 1. The van der Waals surface area contributed by atoms with Gasteiger partial charge < -0.3 is 5.11 Å². The van der Waals surface area contributed by atoms with E-state index in [1.54, 1.807) is 26.2 Å². The maximum Gasteiger partial charge on any atom is 0.310 e. The van der Waals surface area contributed by atoms with Gasteiger partial charge in [0.25, 0.3) is 5.56 Å². The molecule has 7 nitrogen and oxygen atoms in total. The molecule has 2 aromatic rings. The molecule has 0 fully saturated rings. The molecule has 2 N–H and O–H groups in total. The highest BCUT2D eigenvalue weighted by Crippen LogP contribution is 2.18. The highest BCUT2D eigenvalue weighted by Gasteiger charge is 2.12. The van der Waals surface area contributed by atoms with Crippen molar-refractivity contribution < 1.29 is 5.11 Å². The standard InChI is InChI=1S/C10H10N4O3S/c1-5(12-6-3-4-11-14(6)2)7-8(15)13-10(17)18-9(7)16/h3-4,16H,1-2H3,(H,13,15,17). The minimum absolute atomic E-state index is 0.000741. The minimum atomic E-state index is -0.653. The molecule has 0 spiro atoms. The van der Waals surface area contributed by atoms with Crippen molar-refractivity contribution in [1.29, 1.82) is 0 Å². The van der Waals surface area contributed by atoms with Crippen LogP contribution in [0.2, 0.25) is 0 Å². The molecule has 0 atom stereocenters. The van der Waals surface area contributed by atoms with Crippen LogP contribution >= 0.6 is 11.3 Å². The molecule has 0 aliphatic rings. The molecule has 94 valence electrons. The van der Waals surface area contributed by atoms with E-state index < -0.39 is 10.4 Å². The molecule has 0 aliphatic carbocycles. The summed E-state index contributed by atoms with van der Waals surface area (Å²) in [5.41, 5.74) is -0.339. The molecule has 2 heterocycles. The fraction of sp³-hybridized carbons (Fsp3) is 0.200. The van der Waals surface area contributed by atoms with Crippen LogP contribution in [0, 0.1) is 0 Å². The Hall–Kier alpha value is -2.22. The van der Waals surface area contributed by atoms with Gasteiger partial charge in [0.05, 0.1) is 11.9 Å². The number of rotatable bonds is 2. The van der Waals surface area contributed by atoms with E-state index >= 15 is 0 Å². The first-order valence-electron chi connectivity index (χ1n) is 4.99. The number of hydrogen-bond donors (Lipinski definition) is 2. The van der Waals surface area contributed by atoms with Gasteiger partial charge in [0, 0.05) is 13.1 Å². The Morgan fingerprint density at radius 3 is 2.83 bits per heavy atom. The van der Waals surface area contributed by atoms with E-state index in [4.69, 9.17) is 0 Å². The first-order chi connectivity index (χ1) is 8.49. The highest BCUT2D eigenvalue weighted by atomic mass is 32.1. The van der Waals surface area contributed by atoms with E-state index in [0.29, 0.717) is 22.9 Å². The van der Waals surface area contributed by atoms with Crippen LogP contribution < -0.4 is 10.4 Å².